The van der Waals surface area contributed by atoms with Crippen molar-refractivity contribution in [2.45, 2.75) is 0 Å². The minimum atomic E-state index is 0.100. The third-order valence-electron chi connectivity index (χ3n) is 2.36. The van der Waals surface area contributed by atoms with Crippen LogP contribution in [0.4, 0.5) is 0 Å². The zero-order valence-corrected chi connectivity index (χ0v) is 12.1. The molecule has 0 aromatic carbocycles. The average Bonchev–Trinajstić information content (AvgIpc) is 2.86. The zero-order valence-electron chi connectivity index (χ0n) is 11.2. The molecule has 1 N–H and O–H groups in total. The normalized spacial score (nSPS) is 12.4. The highest BCUT2D eigenvalue weighted by atomic mass is 32.1. The molecule has 0 spiro atoms. The van der Waals surface area contributed by atoms with Gasteiger partial charge in [-0.15, -0.1) is 11.3 Å². The van der Waals surface area contributed by atoms with Gasteiger partial charge in [0.25, 0.3) is 0 Å². The summed E-state index contributed by atoms with van der Waals surface area (Å²) in [5.74, 6) is 0.100. The Morgan fingerprint density at radius 1 is 1.10 bits per heavy atom. The van der Waals surface area contributed by atoms with Gasteiger partial charge in [0.05, 0.1) is 16.1 Å². The van der Waals surface area contributed by atoms with Crippen LogP contribution in [-0.4, -0.2) is 10.1 Å². The Kier molecular flexibility index (Phi) is 6.20. The van der Waals surface area contributed by atoms with Crippen molar-refractivity contribution in [3.8, 4) is 0 Å². The Morgan fingerprint density at radius 3 is 2.35 bits per heavy atom. The summed E-state index contributed by atoms with van der Waals surface area (Å²) in [5, 5.41) is 10.7. The van der Waals surface area contributed by atoms with Crippen LogP contribution in [-0.2, 0) is 0 Å². The van der Waals surface area contributed by atoms with E-state index in [1.165, 1.54) is 11.3 Å². The number of rotatable bonds is 7. The molecule has 1 heterocycles. The number of aliphatic hydroxyl groups is 1. The van der Waals surface area contributed by atoms with Crippen molar-refractivity contribution in [3.63, 3.8) is 0 Å². The maximum Gasteiger partial charge on any atom is 0.128 e. The third-order valence-corrected chi connectivity index (χ3v) is 3.43. The van der Waals surface area contributed by atoms with Gasteiger partial charge in [-0.1, -0.05) is 56.7 Å². The van der Waals surface area contributed by atoms with Crippen molar-refractivity contribution in [1.82, 2.24) is 4.98 Å². The lowest BCUT2D eigenvalue weighted by Gasteiger charge is -1.98. The highest BCUT2D eigenvalue weighted by molar-refractivity contribution is 7.13. The summed E-state index contributed by atoms with van der Waals surface area (Å²) in [6.07, 6.45) is 13.5. The maximum absolute atomic E-state index is 10.0. The molecule has 1 aromatic rings. The fourth-order valence-electron chi connectivity index (χ4n) is 1.43. The number of thiazole rings is 1. The Bertz CT molecular complexity index is 615. The van der Waals surface area contributed by atoms with Gasteiger partial charge in [0.15, 0.2) is 0 Å². The number of hydrogen-bond acceptors (Lipinski definition) is 3. The number of aliphatic hydroxyl groups excluding tert-OH is 1. The number of allylic oxidation sites excluding steroid dienone is 7. The van der Waals surface area contributed by atoms with Gasteiger partial charge in [0.1, 0.15) is 10.8 Å². The molecule has 0 unspecified atom stereocenters. The van der Waals surface area contributed by atoms with Crippen LogP contribution in [0.25, 0.3) is 17.7 Å². The van der Waals surface area contributed by atoms with Crippen LogP contribution in [0.2, 0.25) is 0 Å². The summed E-state index contributed by atoms with van der Waals surface area (Å²) in [5.41, 5.74) is 1.34. The van der Waals surface area contributed by atoms with E-state index in [4.69, 9.17) is 0 Å². The summed E-state index contributed by atoms with van der Waals surface area (Å²) in [4.78, 5) is 5.40. The Labute approximate surface area is 123 Å². The number of aromatic nitrogens is 1. The first-order valence-corrected chi connectivity index (χ1v) is 6.77. The van der Waals surface area contributed by atoms with Crippen LogP contribution < -0.4 is 0 Å². The molecule has 102 valence electrons. The van der Waals surface area contributed by atoms with E-state index in [9.17, 15) is 5.11 Å². The molecule has 0 amide bonds. The standard InChI is InChI=1S/C17H17NOS/c1-5-9-11-15(19)13(7-3)17-18-14(8-4)16(20-17)12-10-6-2/h5-12,19H,1-4H2/b11-9-,12-10-,15-13-. The van der Waals surface area contributed by atoms with Crippen molar-refractivity contribution in [2.75, 3.05) is 0 Å². The van der Waals surface area contributed by atoms with Crippen molar-refractivity contribution in [1.29, 1.82) is 0 Å². The van der Waals surface area contributed by atoms with Gasteiger partial charge in [-0.05, 0) is 18.2 Å². The summed E-state index contributed by atoms with van der Waals surface area (Å²) in [6.45, 7) is 14.7. The predicted octanol–water partition coefficient (Wildman–Crippen LogP) is 5.18. The van der Waals surface area contributed by atoms with Gasteiger partial charge in [0, 0.05) is 0 Å². The third kappa shape index (κ3) is 3.80. The molecule has 0 saturated carbocycles. The van der Waals surface area contributed by atoms with E-state index in [1.807, 2.05) is 12.2 Å². The van der Waals surface area contributed by atoms with E-state index in [-0.39, 0.29) is 5.76 Å². The molecule has 1 rings (SSSR count). The highest BCUT2D eigenvalue weighted by Gasteiger charge is 2.11. The largest absolute Gasteiger partial charge is 0.507 e. The first-order chi connectivity index (χ1) is 9.67. The zero-order chi connectivity index (χ0) is 15.0. The van der Waals surface area contributed by atoms with Gasteiger partial charge < -0.3 is 5.11 Å². The lowest BCUT2D eigenvalue weighted by molar-refractivity contribution is 0.435. The quantitative estimate of drug-likeness (QED) is 0.552. The molecule has 0 aliphatic heterocycles. The van der Waals surface area contributed by atoms with Crippen LogP contribution in [0, 0.1) is 0 Å². The fraction of sp³-hybridized carbons (Fsp3) is 0. The van der Waals surface area contributed by atoms with Crippen molar-refractivity contribution < 1.29 is 5.11 Å². The summed E-state index contributed by atoms with van der Waals surface area (Å²) >= 11 is 1.45. The molecule has 0 aliphatic rings. The fourth-order valence-corrected chi connectivity index (χ4v) is 2.46. The van der Waals surface area contributed by atoms with Crippen LogP contribution in [0.3, 0.4) is 0 Å². The van der Waals surface area contributed by atoms with Gasteiger partial charge in [-0.2, -0.15) is 0 Å². The van der Waals surface area contributed by atoms with E-state index in [2.05, 4.69) is 31.3 Å². The van der Waals surface area contributed by atoms with Crippen LogP contribution in [0.15, 0.2) is 68.5 Å². The summed E-state index contributed by atoms with van der Waals surface area (Å²) < 4.78 is 0. The Balaban J connectivity index is 3.33. The van der Waals surface area contributed by atoms with Crippen LogP contribution in [0.1, 0.15) is 15.6 Å². The Morgan fingerprint density at radius 2 is 1.80 bits per heavy atom. The van der Waals surface area contributed by atoms with E-state index < -0.39 is 0 Å². The number of hydrogen-bond donors (Lipinski definition) is 1. The molecule has 1 aromatic heterocycles. The second-order valence-electron chi connectivity index (χ2n) is 3.67. The number of nitrogens with zero attached hydrogens (tertiary/aromatic N) is 1. The van der Waals surface area contributed by atoms with Crippen molar-refractivity contribution in [2.24, 2.45) is 0 Å². The first-order valence-electron chi connectivity index (χ1n) is 5.95. The van der Waals surface area contributed by atoms with Gasteiger partial charge in [-0.25, -0.2) is 4.98 Å². The molecule has 3 heteroatoms. The molecular weight excluding hydrogens is 266 g/mol. The second kappa shape index (κ2) is 7.92. The molecule has 20 heavy (non-hydrogen) atoms. The smallest absolute Gasteiger partial charge is 0.128 e. The lowest BCUT2D eigenvalue weighted by atomic mass is 10.2. The first kappa shape index (κ1) is 15.7. The molecule has 0 atom stereocenters. The molecule has 2 nitrogen and oxygen atoms in total. The minimum Gasteiger partial charge on any atom is -0.507 e. The topological polar surface area (TPSA) is 33.1 Å². The summed E-state index contributed by atoms with van der Waals surface area (Å²) in [7, 11) is 0. The van der Waals surface area contributed by atoms with Crippen molar-refractivity contribution in [3.05, 3.63) is 84.1 Å². The van der Waals surface area contributed by atoms with Gasteiger partial charge in [0.2, 0.25) is 0 Å². The molecule has 0 radical (unpaired) electrons. The highest BCUT2D eigenvalue weighted by Crippen LogP contribution is 2.29. The van der Waals surface area contributed by atoms with Crippen molar-refractivity contribution >= 4 is 29.1 Å². The molecule has 0 bridgehead atoms. The molecule has 0 saturated heterocycles. The van der Waals surface area contributed by atoms with Crippen LogP contribution in [0.5, 0.6) is 0 Å². The SMILES string of the molecule is C=C/C=C\C(O)=C(/C=C)c1nc(C=C)c(/C=C\C=C)s1. The second-order valence-corrected chi connectivity index (χ2v) is 4.70. The molecule has 0 fully saturated rings. The van der Waals surface area contributed by atoms with Crippen LogP contribution >= 0.6 is 11.3 Å². The molecule has 0 aliphatic carbocycles. The van der Waals surface area contributed by atoms with E-state index in [1.54, 1.807) is 36.5 Å². The minimum absolute atomic E-state index is 0.100. The Hall–Kier alpha value is -2.39. The lowest BCUT2D eigenvalue weighted by Crippen LogP contribution is -1.86. The monoisotopic (exact) mass is 283 g/mol. The van der Waals surface area contributed by atoms with Gasteiger partial charge in [-0.3, -0.25) is 0 Å². The van der Waals surface area contributed by atoms with E-state index in [0.29, 0.717) is 10.6 Å². The maximum atomic E-state index is 10.0. The average molecular weight is 283 g/mol. The van der Waals surface area contributed by atoms with E-state index in [0.717, 1.165) is 10.6 Å². The van der Waals surface area contributed by atoms with Gasteiger partial charge >= 0.3 is 0 Å². The van der Waals surface area contributed by atoms with E-state index >= 15 is 0 Å². The molecular formula is C17H17NOS. The summed E-state index contributed by atoms with van der Waals surface area (Å²) in [6, 6.07) is 0. The predicted molar refractivity (Wildman–Crippen MR) is 90.5 cm³/mol.